The second-order valence-corrected chi connectivity index (χ2v) is 8.37. The first-order chi connectivity index (χ1) is 14.5. The number of nitrogens with one attached hydrogen (secondary N) is 2. The molecular weight excluding hydrogens is 464 g/mol. The maximum absolute atomic E-state index is 10.5. The van der Waals surface area contributed by atoms with Gasteiger partial charge >= 0.3 is 0 Å². The first kappa shape index (κ1) is 20.8. The van der Waals surface area contributed by atoms with Crippen LogP contribution in [0, 0.1) is 0 Å². The molecule has 1 aliphatic heterocycles. The Labute approximate surface area is 189 Å². The molecule has 30 heavy (non-hydrogen) atoms. The largest absolute Gasteiger partial charge is 0.508 e. The van der Waals surface area contributed by atoms with Crippen LogP contribution >= 0.6 is 27.5 Å². The first-order valence-electron chi connectivity index (χ1n) is 9.75. The Kier molecular flexibility index (Phi) is 6.32. The van der Waals surface area contributed by atoms with Gasteiger partial charge in [0.25, 0.3) is 0 Å². The molecule has 0 radical (unpaired) electrons. The van der Waals surface area contributed by atoms with Gasteiger partial charge in [-0.05, 0) is 78.7 Å². The van der Waals surface area contributed by atoms with Crippen LogP contribution in [0.4, 0.5) is 0 Å². The van der Waals surface area contributed by atoms with Crippen LogP contribution in [0.25, 0.3) is 5.70 Å². The summed E-state index contributed by atoms with van der Waals surface area (Å²) in [4.78, 5) is 0. The van der Waals surface area contributed by atoms with E-state index in [0.717, 1.165) is 32.6 Å². The number of halogens is 2. The standard InChI is InChI=1S/C24H22BrClN2O2/c1-2-30-19-10-5-15(6-11-19)21-14-22(20-13-17(25)7-12-23(20)29)28-24(27-21)16-3-8-18(26)9-4-16/h3-14,22,24,27-29H,2H2,1H3. The lowest BCUT2D eigenvalue weighted by Gasteiger charge is -2.33. The lowest BCUT2D eigenvalue weighted by atomic mass is 9.98. The van der Waals surface area contributed by atoms with E-state index in [4.69, 9.17) is 16.3 Å². The molecule has 2 unspecified atom stereocenters. The van der Waals surface area contributed by atoms with Crippen LogP contribution in [-0.4, -0.2) is 11.7 Å². The zero-order valence-corrected chi connectivity index (χ0v) is 18.7. The van der Waals surface area contributed by atoms with Crippen LogP contribution in [0.1, 0.15) is 35.8 Å². The van der Waals surface area contributed by atoms with Gasteiger partial charge in [0, 0.05) is 20.8 Å². The van der Waals surface area contributed by atoms with Crippen molar-refractivity contribution < 1.29 is 9.84 Å². The van der Waals surface area contributed by atoms with Gasteiger partial charge in [0.2, 0.25) is 0 Å². The fraction of sp³-hybridized carbons (Fsp3) is 0.167. The van der Waals surface area contributed by atoms with E-state index < -0.39 is 0 Å². The number of rotatable bonds is 5. The van der Waals surface area contributed by atoms with Gasteiger partial charge in [0.1, 0.15) is 17.7 Å². The van der Waals surface area contributed by atoms with Crippen LogP contribution in [0.15, 0.2) is 77.3 Å². The summed E-state index contributed by atoms with van der Waals surface area (Å²) in [7, 11) is 0. The molecule has 0 bridgehead atoms. The molecule has 0 saturated heterocycles. The molecule has 0 fully saturated rings. The Morgan fingerprint density at radius 3 is 2.47 bits per heavy atom. The summed E-state index contributed by atoms with van der Waals surface area (Å²) in [6.45, 7) is 2.60. The predicted octanol–water partition coefficient (Wildman–Crippen LogP) is 6.18. The van der Waals surface area contributed by atoms with E-state index >= 15 is 0 Å². The third-order valence-corrected chi connectivity index (χ3v) is 5.73. The molecular formula is C24H22BrClN2O2. The van der Waals surface area contributed by atoms with Gasteiger partial charge < -0.3 is 15.2 Å². The molecule has 3 N–H and O–H groups in total. The van der Waals surface area contributed by atoms with Crippen LogP contribution in [-0.2, 0) is 0 Å². The van der Waals surface area contributed by atoms with Crippen molar-refractivity contribution in [1.29, 1.82) is 0 Å². The summed E-state index contributed by atoms with van der Waals surface area (Å²) >= 11 is 9.59. The third kappa shape index (κ3) is 4.64. The lowest BCUT2D eigenvalue weighted by molar-refractivity contribution is 0.340. The molecule has 0 saturated carbocycles. The summed E-state index contributed by atoms with van der Waals surface area (Å²) < 4.78 is 6.48. The second-order valence-electron chi connectivity index (χ2n) is 7.01. The minimum Gasteiger partial charge on any atom is -0.508 e. The molecule has 1 aliphatic rings. The monoisotopic (exact) mass is 484 g/mol. The van der Waals surface area contributed by atoms with Gasteiger partial charge in [-0.15, -0.1) is 0 Å². The Hall–Kier alpha value is -2.47. The van der Waals surface area contributed by atoms with E-state index in [2.05, 4.69) is 32.6 Å². The van der Waals surface area contributed by atoms with Crippen LogP contribution < -0.4 is 15.4 Å². The predicted molar refractivity (Wildman–Crippen MR) is 125 cm³/mol. The summed E-state index contributed by atoms with van der Waals surface area (Å²) in [5.74, 6) is 1.08. The van der Waals surface area contributed by atoms with Gasteiger partial charge in [-0.1, -0.05) is 39.7 Å². The first-order valence-corrected chi connectivity index (χ1v) is 10.9. The van der Waals surface area contributed by atoms with Crippen molar-refractivity contribution in [2.24, 2.45) is 0 Å². The minimum atomic E-state index is -0.189. The zero-order chi connectivity index (χ0) is 21.1. The third-order valence-electron chi connectivity index (χ3n) is 4.98. The molecule has 3 aromatic rings. The molecule has 0 aromatic heterocycles. The van der Waals surface area contributed by atoms with Crippen molar-refractivity contribution in [2.75, 3.05) is 6.61 Å². The van der Waals surface area contributed by atoms with E-state index in [1.54, 1.807) is 6.07 Å². The van der Waals surface area contributed by atoms with Gasteiger partial charge in [0.15, 0.2) is 0 Å². The van der Waals surface area contributed by atoms with Gasteiger partial charge in [-0.25, -0.2) is 0 Å². The van der Waals surface area contributed by atoms with E-state index in [9.17, 15) is 5.11 Å². The summed E-state index contributed by atoms with van der Waals surface area (Å²) in [5.41, 5.74) is 3.86. The molecule has 4 nitrogen and oxygen atoms in total. The van der Waals surface area contributed by atoms with E-state index in [1.165, 1.54) is 0 Å². The van der Waals surface area contributed by atoms with E-state index in [-0.39, 0.29) is 18.0 Å². The Morgan fingerprint density at radius 2 is 1.77 bits per heavy atom. The van der Waals surface area contributed by atoms with Crippen molar-refractivity contribution in [3.8, 4) is 11.5 Å². The average molecular weight is 486 g/mol. The number of phenols is 1. The topological polar surface area (TPSA) is 53.5 Å². The molecule has 2 atom stereocenters. The molecule has 4 rings (SSSR count). The van der Waals surface area contributed by atoms with Crippen molar-refractivity contribution in [1.82, 2.24) is 10.6 Å². The Morgan fingerprint density at radius 1 is 1.03 bits per heavy atom. The Balaban J connectivity index is 1.73. The van der Waals surface area contributed by atoms with Crippen LogP contribution in [0.5, 0.6) is 11.5 Å². The van der Waals surface area contributed by atoms with Crippen molar-refractivity contribution >= 4 is 33.2 Å². The number of phenolic OH excluding ortho intramolecular Hbond substituents is 1. The number of aromatic hydroxyl groups is 1. The van der Waals surface area contributed by atoms with Crippen molar-refractivity contribution in [2.45, 2.75) is 19.1 Å². The van der Waals surface area contributed by atoms with Gasteiger partial charge in [-0.2, -0.15) is 0 Å². The van der Waals surface area contributed by atoms with Gasteiger partial charge in [-0.3, -0.25) is 5.32 Å². The van der Waals surface area contributed by atoms with Crippen molar-refractivity contribution in [3.05, 3.63) is 99.0 Å². The second kappa shape index (κ2) is 9.13. The highest BCUT2D eigenvalue weighted by atomic mass is 79.9. The van der Waals surface area contributed by atoms with Crippen molar-refractivity contribution in [3.63, 3.8) is 0 Å². The SMILES string of the molecule is CCOc1ccc(C2=CC(c3cc(Br)ccc3O)NC(c3ccc(Cl)cc3)N2)cc1. The van der Waals surface area contributed by atoms with E-state index in [1.807, 2.05) is 67.6 Å². The number of ether oxygens (including phenoxy) is 1. The number of benzene rings is 3. The zero-order valence-electron chi connectivity index (χ0n) is 16.4. The fourth-order valence-electron chi connectivity index (χ4n) is 3.51. The molecule has 0 aliphatic carbocycles. The summed E-state index contributed by atoms with van der Waals surface area (Å²) in [5, 5.41) is 18.3. The molecule has 6 heteroatoms. The summed E-state index contributed by atoms with van der Waals surface area (Å²) in [6, 6.07) is 21.0. The van der Waals surface area contributed by atoms with Gasteiger partial charge in [0.05, 0.1) is 12.6 Å². The maximum atomic E-state index is 10.5. The maximum Gasteiger partial charge on any atom is 0.120 e. The summed E-state index contributed by atoms with van der Waals surface area (Å²) in [6.07, 6.45) is 1.93. The molecule has 0 amide bonds. The fourth-order valence-corrected chi connectivity index (χ4v) is 4.01. The highest BCUT2D eigenvalue weighted by molar-refractivity contribution is 9.10. The number of hydrogen-bond acceptors (Lipinski definition) is 4. The Bertz CT molecular complexity index is 1050. The molecule has 3 aromatic carbocycles. The molecule has 154 valence electrons. The van der Waals surface area contributed by atoms with E-state index in [0.29, 0.717) is 11.6 Å². The normalized spacial score (nSPS) is 18.4. The van der Waals surface area contributed by atoms with Crippen LogP contribution in [0.3, 0.4) is 0 Å². The lowest BCUT2D eigenvalue weighted by Crippen LogP contribution is -2.39. The smallest absolute Gasteiger partial charge is 0.120 e. The van der Waals surface area contributed by atoms with Crippen LogP contribution in [0.2, 0.25) is 5.02 Å². The highest BCUT2D eigenvalue weighted by Gasteiger charge is 2.25. The average Bonchev–Trinajstić information content (AvgIpc) is 2.76. The quantitative estimate of drug-likeness (QED) is 0.404. The number of hydrogen-bond donors (Lipinski definition) is 3. The molecule has 1 heterocycles. The minimum absolute atomic E-state index is 0.155. The highest BCUT2D eigenvalue weighted by Crippen LogP contribution is 2.35. The molecule has 0 spiro atoms.